The lowest BCUT2D eigenvalue weighted by Crippen LogP contribution is -2.12. The fourth-order valence-corrected chi connectivity index (χ4v) is 17.9. The van der Waals surface area contributed by atoms with Gasteiger partial charge in [-0.3, -0.25) is 0 Å². The molecular formula is C44H44P4. The maximum atomic E-state index is 2.45. The molecule has 240 valence electrons. The topological polar surface area (TPSA) is 0 Å². The Labute approximate surface area is 293 Å². The Morgan fingerprint density at radius 1 is 0.229 bits per heavy atom. The Bertz CT molecular complexity index is 1530. The molecule has 0 aromatic heterocycles. The molecule has 4 unspecified atom stereocenters. The summed E-state index contributed by atoms with van der Waals surface area (Å²) in [5, 5.41) is 6.14. The standard InChI is InChI=1S/C44H44P4/c1-5-13-41(14-6-1)45-29-30-46(42-15-7-2-8-16-42)34-39-25-27-40(28-26-39)36-48(44-19-11-4-12-20-44)32-31-47(43-17-9-3-10-18-43)35-38-23-21-37(33-45)22-24-38/h1-28H,29-36H2. The number of hydrogen-bond donors (Lipinski definition) is 0. The molecule has 0 nitrogen and oxygen atoms in total. The highest BCUT2D eigenvalue weighted by Crippen LogP contribution is 2.48. The predicted octanol–water partition coefficient (Wildman–Crippen LogP) is 10.6. The SMILES string of the molecule is c1ccc(P2CCP(c3ccccc3)Cc3ccc(cc3)CP(c3ccccc3)CCP(c3ccccc3)Cc3ccc(cc3)C2)cc1. The minimum atomic E-state index is -0.299. The van der Waals surface area contributed by atoms with Crippen LogP contribution in [0.1, 0.15) is 22.3 Å². The molecule has 10 rings (SSSR count). The van der Waals surface area contributed by atoms with Gasteiger partial charge in [-0.15, -0.1) is 0 Å². The van der Waals surface area contributed by atoms with Gasteiger partial charge in [-0.25, -0.2) is 0 Å². The van der Waals surface area contributed by atoms with Crippen molar-refractivity contribution >= 4 is 52.9 Å². The van der Waals surface area contributed by atoms with E-state index in [2.05, 4.69) is 170 Å². The van der Waals surface area contributed by atoms with Crippen LogP contribution in [0.4, 0.5) is 0 Å². The van der Waals surface area contributed by atoms with Crippen LogP contribution < -0.4 is 21.2 Å². The van der Waals surface area contributed by atoms with Crippen molar-refractivity contribution in [2.45, 2.75) is 24.6 Å². The van der Waals surface area contributed by atoms with Gasteiger partial charge in [0.1, 0.15) is 0 Å². The van der Waals surface area contributed by atoms with Gasteiger partial charge in [0.2, 0.25) is 0 Å². The average molecular weight is 697 g/mol. The van der Waals surface area contributed by atoms with Gasteiger partial charge in [0.05, 0.1) is 0 Å². The zero-order valence-electron chi connectivity index (χ0n) is 27.6. The maximum absolute atomic E-state index is 2.45. The Morgan fingerprint density at radius 2 is 0.417 bits per heavy atom. The van der Waals surface area contributed by atoms with E-state index >= 15 is 0 Å². The fraction of sp³-hybridized carbons (Fsp3) is 0.182. The predicted molar refractivity (Wildman–Crippen MR) is 219 cm³/mol. The van der Waals surface area contributed by atoms with E-state index in [0.717, 1.165) is 24.6 Å². The summed E-state index contributed by atoms with van der Waals surface area (Å²) < 4.78 is 0. The van der Waals surface area contributed by atoms with E-state index in [9.17, 15) is 0 Å². The Balaban J connectivity index is 1.23. The monoisotopic (exact) mass is 696 g/mol. The van der Waals surface area contributed by atoms with Crippen LogP contribution in [-0.2, 0) is 24.6 Å². The van der Waals surface area contributed by atoms with E-state index in [1.54, 1.807) is 0 Å². The fourth-order valence-electron chi connectivity index (χ4n) is 6.62. The molecule has 6 aromatic carbocycles. The molecule has 4 aliphatic heterocycles. The van der Waals surface area contributed by atoms with Gasteiger partial charge in [0.15, 0.2) is 0 Å². The highest BCUT2D eigenvalue weighted by Gasteiger charge is 2.20. The van der Waals surface area contributed by atoms with Crippen molar-refractivity contribution in [1.82, 2.24) is 0 Å². The van der Waals surface area contributed by atoms with Crippen LogP contribution in [0.15, 0.2) is 170 Å². The van der Waals surface area contributed by atoms with Crippen LogP contribution in [0.2, 0.25) is 0 Å². The molecule has 0 aliphatic carbocycles. The van der Waals surface area contributed by atoms with Crippen molar-refractivity contribution in [3.63, 3.8) is 0 Å². The molecule has 6 aromatic rings. The molecule has 4 bridgehead atoms. The summed E-state index contributed by atoms with van der Waals surface area (Å²) in [6.07, 6.45) is 9.67. The van der Waals surface area contributed by atoms with Crippen molar-refractivity contribution in [1.29, 1.82) is 0 Å². The summed E-state index contributed by atoms with van der Waals surface area (Å²) in [6.45, 7) is 0. The molecule has 0 fully saturated rings. The van der Waals surface area contributed by atoms with Gasteiger partial charge in [0.25, 0.3) is 0 Å². The van der Waals surface area contributed by atoms with Crippen LogP contribution in [0.3, 0.4) is 0 Å². The third-order valence-electron chi connectivity index (χ3n) is 9.30. The van der Waals surface area contributed by atoms with Gasteiger partial charge < -0.3 is 0 Å². The smallest absolute Gasteiger partial charge is 0.00327 e. The normalized spacial score (nSPS) is 20.7. The van der Waals surface area contributed by atoms with E-state index in [1.165, 1.54) is 68.1 Å². The quantitative estimate of drug-likeness (QED) is 0.161. The van der Waals surface area contributed by atoms with Crippen LogP contribution >= 0.6 is 31.7 Å². The summed E-state index contributed by atoms with van der Waals surface area (Å²) in [4.78, 5) is 0. The molecule has 0 amide bonds. The maximum Gasteiger partial charge on any atom is -0.00327 e. The van der Waals surface area contributed by atoms with Crippen molar-refractivity contribution in [2.24, 2.45) is 0 Å². The third kappa shape index (κ3) is 9.18. The minimum Gasteiger partial charge on any atom is -0.0705 e. The number of rotatable bonds is 4. The van der Waals surface area contributed by atoms with Crippen LogP contribution in [0, 0.1) is 0 Å². The Morgan fingerprint density at radius 3 is 0.604 bits per heavy atom. The summed E-state index contributed by atoms with van der Waals surface area (Å²) in [7, 11) is -1.19. The lowest BCUT2D eigenvalue weighted by molar-refractivity contribution is 1.29. The van der Waals surface area contributed by atoms with Gasteiger partial charge in [-0.2, -0.15) is 0 Å². The molecular weight excluding hydrogens is 652 g/mol. The van der Waals surface area contributed by atoms with E-state index in [1.807, 2.05) is 0 Å². The van der Waals surface area contributed by atoms with Crippen LogP contribution in [-0.4, -0.2) is 24.6 Å². The van der Waals surface area contributed by atoms with E-state index in [-0.39, 0.29) is 31.7 Å². The van der Waals surface area contributed by atoms with E-state index in [4.69, 9.17) is 0 Å². The van der Waals surface area contributed by atoms with Gasteiger partial charge in [-0.1, -0.05) is 202 Å². The van der Waals surface area contributed by atoms with Gasteiger partial charge in [0, 0.05) is 0 Å². The number of benzene rings is 6. The zero-order chi connectivity index (χ0) is 32.4. The molecule has 4 heteroatoms. The van der Waals surface area contributed by atoms with Gasteiger partial charge in [-0.05, 0) is 92.8 Å². The zero-order valence-corrected chi connectivity index (χ0v) is 31.2. The first kappa shape index (κ1) is 33.5. The Kier molecular flexibility index (Phi) is 12.0. The lowest BCUT2D eigenvalue weighted by Gasteiger charge is -2.25. The van der Waals surface area contributed by atoms with E-state index < -0.39 is 0 Å². The summed E-state index contributed by atoms with van der Waals surface area (Å²) >= 11 is 0. The van der Waals surface area contributed by atoms with E-state index in [0.29, 0.717) is 0 Å². The molecule has 0 saturated heterocycles. The first-order chi connectivity index (χ1) is 23.8. The lowest BCUT2D eigenvalue weighted by atomic mass is 10.2. The van der Waals surface area contributed by atoms with Crippen molar-refractivity contribution in [3.05, 3.63) is 192 Å². The largest absolute Gasteiger partial charge is 0.0705 e. The van der Waals surface area contributed by atoms with Crippen LogP contribution in [0.5, 0.6) is 0 Å². The molecule has 48 heavy (non-hydrogen) atoms. The molecule has 4 aliphatic rings. The van der Waals surface area contributed by atoms with Crippen molar-refractivity contribution in [3.8, 4) is 0 Å². The number of hydrogen-bond acceptors (Lipinski definition) is 0. The van der Waals surface area contributed by atoms with Crippen molar-refractivity contribution in [2.75, 3.05) is 24.6 Å². The Hall–Kier alpha value is -2.96. The second kappa shape index (κ2) is 17.1. The first-order valence-corrected chi connectivity index (χ1v) is 24.0. The molecule has 4 atom stereocenters. The highest BCUT2D eigenvalue weighted by atomic mass is 31.1. The summed E-state index contributed by atoms with van der Waals surface area (Å²) in [6, 6.07) is 65.1. The molecule has 0 radical (unpaired) electrons. The van der Waals surface area contributed by atoms with Crippen LogP contribution in [0.25, 0.3) is 0 Å². The first-order valence-electron chi connectivity index (χ1n) is 17.1. The summed E-state index contributed by atoms with van der Waals surface area (Å²) in [5.41, 5.74) is 5.94. The van der Waals surface area contributed by atoms with Crippen molar-refractivity contribution < 1.29 is 0 Å². The molecule has 4 heterocycles. The molecule has 0 spiro atoms. The second-order valence-corrected chi connectivity index (χ2v) is 22.1. The summed E-state index contributed by atoms with van der Waals surface area (Å²) in [5.74, 6) is 0. The molecule has 0 N–H and O–H groups in total. The van der Waals surface area contributed by atoms with Gasteiger partial charge >= 0.3 is 0 Å². The minimum absolute atomic E-state index is 0.299. The highest BCUT2D eigenvalue weighted by molar-refractivity contribution is 7.69. The second-order valence-electron chi connectivity index (χ2n) is 12.7. The average Bonchev–Trinajstić information content (AvgIpc) is 3.16. The molecule has 0 saturated carbocycles. The third-order valence-corrected chi connectivity index (χ3v) is 20.2.